The van der Waals surface area contributed by atoms with Crippen LogP contribution in [-0.2, 0) is 9.59 Å². The maximum absolute atomic E-state index is 13.4. The van der Waals surface area contributed by atoms with Gasteiger partial charge in [0, 0.05) is 16.6 Å². The van der Waals surface area contributed by atoms with Crippen LogP contribution in [0.4, 0.5) is 5.69 Å². The van der Waals surface area contributed by atoms with Crippen molar-refractivity contribution in [2.45, 2.75) is 31.8 Å². The number of carbonyl (C=O) groups excluding carboxylic acids is 3. The molecule has 3 saturated heterocycles. The van der Waals surface area contributed by atoms with Crippen molar-refractivity contribution < 1.29 is 14.4 Å². The van der Waals surface area contributed by atoms with Crippen LogP contribution in [0, 0.1) is 18.8 Å². The lowest BCUT2D eigenvalue weighted by molar-refractivity contribution is -0.123. The predicted octanol–water partition coefficient (Wildman–Crippen LogP) is 3.48. The summed E-state index contributed by atoms with van der Waals surface area (Å²) in [5.74, 6) is -1.68. The summed E-state index contributed by atoms with van der Waals surface area (Å²) in [5.41, 5.74) is 2.14. The van der Waals surface area contributed by atoms with E-state index in [0.29, 0.717) is 16.3 Å². The molecule has 3 aliphatic heterocycles. The Labute approximate surface area is 174 Å². The number of hydrogen-bond donors (Lipinski definition) is 0. The maximum Gasteiger partial charge on any atom is 0.239 e. The molecule has 29 heavy (non-hydrogen) atoms. The summed E-state index contributed by atoms with van der Waals surface area (Å²) in [4.78, 5) is 43.5. The Morgan fingerprint density at radius 3 is 2.48 bits per heavy atom. The lowest BCUT2D eigenvalue weighted by atomic mass is 9.85. The van der Waals surface area contributed by atoms with Gasteiger partial charge in [0.25, 0.3) is 0 Å². The topological polar surface area (TPSA) is 57.7 Å². The summed E-state index contributed by atoms with van der Waals surface area (Å²) >= 11 is 6.09. The zero-order valence-electron chi connectivity index (χ0n) is 16.0. The molecule has 2 aromatic rings. The van der Waals surface area contributed by atoms with E-state index in [-0.39, 0.29) is 23.6 Å². The lowest BCUT2D eigenvalue weighted by Crippen LogP contribution is -2.46. The first-order valence-corrected chi connectivity index (χ1v) is 10.3. The molecule has 4 atom stereocenters. The van der Waals surface area contributed by atoms with E-state index in [2.05, 4.69) is 4.90 Å². The molecule has 0 aliphatic carbocycles. The minimum Gasteiger partial charge on any atom is -0.292 e. The van der Waals surface area contributed by atoms with Gasteiger partial charge in [0.15, 0.2) is 5.78 Å². The van der Waals surface area contributed by atoms with Crippen molar-refractivity contribution in [3.8, 4) is 0 Å². The molecule has 0 bridgehead atoms. The second-order valence-corrected chi connectivity index (χ2v) is 8.60. The minimum absolute atomic E-state index is 0.0555. The number of benzene rings is 2. The van der Waals surface area contributed by atoms with Crippen LogP contribution >= 0.6 is 11.6 Å². The van der Waals surface area contributed by atoms with Crippen LogP contribution in [0.25, 0.3) is 0 Å². The fourth-order valence-corrected chi connectivity index (χ4v) is 5.46. The van der Waals surface area contributed by atoms with Crippen LogP contribution in [-0.4, -0.2) is 41.1 Å². The van der Waals surface area contributed by atoms with Gasteiger partial charge >= 0.3 is 0 Å². The molecule has 3 heterocycles. The number of hydrogen-bond acceptors (Lipinski definition) is 4. The SMILES string of the molecule is Cc1ccc(C(=O)[C@H]2[C@H]3C(=O)N(c4cccc(Cl)c4)C(=O)[C@@H]3[C@H]3CCCN32)cc1. The van der Waals surface area contributed by atoms with Gasteiger partial charge < -0.3 is 0 Å². The van der Waals surface area contributed by atoms with Crippen molar-refractivity contribution in [2.75, 3.05) is 11.4 Å². The fraction of sp³-hybridized carbons (Fsp3) is 0.348. The maximum atomic E-state index is 13.4. The average Bonchev–Trinajstić information content (AvgIpc) is 3.34. The summed E-state index contributed by atoms with van der Waals surface area (Å²) in [7, 11) is 0. The minimum atomic E-state index is -0.638. The summed E-state index contributed by atoms with van der Waals surface area (Å²) in [6.45, 7) is 2.72. The third-order valence-electron chi connectivity index (χ3n) is 6.52. The molecular formula is C23H21ClN2O3. The lowest BCUT2D eigenvalue weighted by Gasteiger charge is -2.27. The van der Waals surface area contributed by atoms with Crippen LogP contribution in [0.1, 0.15) is 28.8 Å². The van der Waals surface area contributed by atoms with E-state index in [4.69, 9.17) is 11.6 Å². The molecule has 3 fully saturated rings. The monoisotopic (exact) mass is 408 g/mol. The Hall–Kier alpha value is -2.50. The molecule has 0 spiro atoms. The van der Waals surface area contributed by atoms with Crippen LogP contribution < -0.4 is 4.90 Å². The smallest absolute Gasteiger partial charge is 0.239 e. The highest BCUT2D eigenvalue weighted by molar-refractivity contribution is 6.31. The van der Waals surface area contributed by atoms with E-state index in [0.717, 1.165) is 24.9 Å². The van der Waals surface area contributed by atoms with Gasteiger partial charge in [-0.2, -0.15) is 0 Å². The number of amides is 2. The van der Waals surface area contributed by atoms with E-state index in [9.17, 15) is 14.4 Å². The molecule has 5 rings (SSSR count). The molecule has 2 amide bonds. The van der Waals surface area contributed by atoms with Gasteiger partial charge in [0.2, 0.25) is 11.8 Å². The molecule has 3 aliphatic rings. The summed E-state index contributed by atoms with van der Waals surface area (Å²) < 4.78 is 0. The highest BCUT2D eigenvalue weighted by atomic mass is 35.5. The predicted molar refractivity (Wildman–Crippen MR) is 110 cm³/mol. The van der Waals surface area contributed by atoms with Gasteiger partial charge in [-0.25, -0.2) is 4.90 Å². The Kier molecular flexibility index (Phi) is 4.33. The Morgan fingerprint density at radius 2 is 1.76 bits per heavy atom. The number of carbonyl (C=O) groups is 3. The van der Waals surface area contributed by atoms with Gasteiger partial charge in [0.1, 0.15) is 0 Å². The number of aryl methyl sites for hydroxylation is 1. The van der Waals surface area contributed by atoms with Crippen LogP contribution in [0.15, 0.2) is 48.5 Å². The third-order valence-corrected chi connectivity index (χ3v) is 6.76. The molecule has 0 aromatic heterocycles. The van der Waals surface area contributed by atoms with Gasteiger partial charge in [-0.1, -0.05) is 47.5 Å². The molecule has 6 heteroatoms. The third kappa shape index (κ3) is 2.75. The molecule has 0 unspecified atom stereocenters. The van der Waals surface area contributed by atoms with E-state index in [1.807, 2.05) is 31.2 Å². The van der Waals surface area contributed by atoms with Crippen molar-refractivity contribution in [2.24, 2.45) is 11.8 Å². The van der Waals surface area contributed by atoms with E-state index in [1.54, 1.807) is 24.3 Å². The molecule has 0 saturated carbocycles. The average molecular weight is 409 g/mol. The molecule has 0 radical (unpaired) electrons. The van der Waals surface area contributed by atoms with E-state index >= 15 is 0 Å². The Morgan fingerprint density at radius 1 is 1.03 bits per heavy atom. The quantitative estimate of drug-likeness (QED) is 0.576. The zero-order chi connectivity index (χ0) is 20.3. The molecule has 5 nitrogen and oxygen atoms in total. The summed E-state index contributed by atoms with van der Waals surface area (Å²) in [5, 5.41) is 0.468. The van der Waals surface area contributed by atoms with Crippen molar-refractivity contribution in [1.29, 1.82) is 0 Å². The fourth-order valence-electron chi connectivity index (χ4n) is 5.27. The highest BCUT2D eigenvalue weighted by Gasteiger charge is 2.64. The summed E-state index contributed by atoms with van der Waals surface area (Å²) in [6, 6.07) is 13.6. The summed E-state index contributed by atoms with van der Waals surface area (Å²) in [6.07, 6.45) is 1.77. The van der Waals surface area contributed by atoms with E-state index < -0.39 is 17.9 Å². The van der Waals surface area contributed by atoms with Crippen LogP contribution in [0.5, 0.6) is 0 Å². The van der Waals surface area contributed by atoms with Crippen LogP contribution in [0.3, 0.4) is 0 Å². The first-order chi connectivity index (χ1) is 14.0. The number of imide groups is 1. The molecule has 148 valence electrons. The van der Waals surface area contributed by atoms with Gasteiger partial charge in [-0.05, 0) is 44.5 Å². The van der Waals surface area contributed by atoms with Gasteiger partial charge in [-0.15, -0.1) is 0 Å². The number of fused-ring (bicyclic) bond motifs is 3. The van der Waals surface area contributed by atoms with Crippen LogP contribution in [0.2, 0.25) is 5.02 Å². The Balaban J connectivity index is 1.55. The second-order valence-electron chi connectivity index (χ2n) is 8.17. The van der Waals surface area contributed by atoms with Gasteiger partial charge in [0.05, 0.1) is 23.6 Å². The Bertz CT molecular complexity index is 1020. The molecule has 2 aromatic carbocycles. The van der Waals surface area contributed by atoms with Crippen molar-refractivity contribution in [3.63, 3.8) is 0 Å². The molecule has 0 N–H and O–H groups in total. The number of rotatable bonds is 3. The van der Waals surface area contributed by atoms with Crippen molar-refractivity contribution in [3.05, 3.63) is 64.7 Å². The van der Waals surface area contributed by atoms with E-state index in [1.165, 1.54) is 4.90 Å². The number of halogens is 1. The number of anilines is 1. The number of ketones is 1. The normalized spacial score (nSPS) is 28.7. The zero-order valence-corrected chi connectivity index (χ0v) is 16.8. The van der Waals surface area contributed by atoms with Gasteiger partial charge in [-0.3, -0.25) is 19.3 Å². The highest BCUT2D eigenvalue weighted by Crippen LogP contribution is 2.48. The second kappa shape index (κ2) is 6.78. The van der Waals surface area contributed by atoms with Crippen molar-refractivity contribution in [1.82, 2.24) is 4.90 Å². The first kappa shape index (κ1) is 18.5. The largest absolute Gasteiger partial charge is 0.292 e. The standard InChI is InChI=1S/C23H21ClN2O3/c1-13-7-9-14(10-8-13)21(27)20-19-18(17-6-3-11-25(17)20)22(28)26(23(19)29)16-5-2-4-15(24)12-16/h2,4-5,7-10,12,17-20H,3,6,11H2,1H3/t17-,18-,19+,20-/m1/s1. The van der Waals surface area contributed by atoms with Crippen molar-refractivity contribution >= 4 is 34.9 Å². The first-order valence-electron chi connectivity index (χ1n) is 9.97. The molecular weight excluding hydrogens is 388 g/mol. The number of nitrogens with zero attached hydrogens (tertiary/aromatic N) is 2. The number of Topliss-reactive ketones (excluding diaryl/α,β-unsaturated/α-hetero) is 1.